The van der Waals surface area contributed by atoms with Crippen molar-refractivity contribution < 1.29 is 14.3 Å². The minimum atomic E-state index is -0.741. The van der Waals surface area contributed by atoms with Crippen molar-refractivity contribution in [2.75, 3.05) is 13.1 Å². The van der Waals surface area contributed by atoms with Gasteiger partial charge in [0.2, 0.25) is 0 Å². The summed E-state index contributed by atoms with van der Waals surface area (Å²) >= 11 is 1.69. The van der Waals surface area contributed by atoms with E-state index in [0.29, 0.717) is 13.0 Å². The maximum atomic E-state index is 13.7. The van der Waals surface area contributed by atoms with E-state index in [1.807, 2.05) is 13.0 Å². The summed E-state index contributed by atoms with van der Waals surface area (Å²) < 4.78 is 13.7. The van der Waals surface area contributed by atoms with Gasteiger partial charge in [0.05, 0.1) is 12.0 Å². The van der Waals surface area contributed by atoms with E-state index in [4.69, 9.17) is 0 Å². The normalized spacial score (nSPS) is 20.3. The van der Waals surface area contributed by atoms with E-state index in [1.54, 1.807) is 23.5 Å². The fourth-order valence-electron chi connectivity index (χ4n) is 3.27. The molecule has 0 saturated carbocycles. The molecule has 23 heavy (non-hydrogen) atoms. The van der Waals surface area contributed by atoms with Gasteiger partial charge in [0.15, 0.2) is 0 Å². The highest BCUT2D eigenvalue weighted by molar-refractivity contribution is 7.12. The maximum absolute atomic E-state index is 13.7. The number of halogens is 1. The van der Waals surface area contributed by atoms with Gasteiger partial charge >= 0.3 is 5.97 Å². The molecule has 1 aliphatic rings. The third kappa shape index (κ3) is 3.62. The third-order valence-corrected chi connectivity index (χ3v) is 5.42. The molecule has 2 heterocycles. The average Bonchev–Trinajstić information content (AvgIpc) is 2.94. The van der Waals surface area contributed by atoms with E-state index in [1.165, 1.54) is 10.9 Å². The van der Waals surface area contributed by atoms with Gasteiger partial charge in [0.1, 0.15) is 5.82 Å². The lowest BCUT2D eigenvalue weighted by atomic mass is 9.94. The van der Waals surface area contributed by atoms with Crippen LogP contribution in [0.15, 0.2) is 36.4 Å². The van der Waals surface area contributed by atoms with Crippen molar-refractivity contribution in [3.8, 4) is 0 Å². The minimum absolute atomic E-state index is 0.0773. The van der Waals surface area contributed by atoms with Gasteiger partial charge in [-0.25, -0.2) is 4.39 Å². The summed E-state index contributed by atoms with van der Waals surface area (Å²) in [4.78, 5) is 15.9. The fourth-order valence-corrected chi connectivity index (χ4v) is 4.32. The summed E-state index contributed by atoms with van der Waals surface area (Å²) in [6.45, 7) is 3.39. The number of hydrogen-bond acceptors (Lipinski definition) is 3. The summed E-state index contributed by atoms with van der Waals surface area (Å²) in [5.74, 6) is -1.34. The number of benzene rings is 1. The van der Waals surface area contributed by atoms with Gasteiger partial charge in [-0.3, -0.25) is 9.69 Å². The van der Waals surface area contributed by atoms with E-state index in [9.17, 15) is 14.3 Å². The van der Waals surface area contributed by atoms with Crippen LogP contribution < -0.4 is 0 Å². The second-order valence-corrected chi connectivity index (χ2v) is 7.40. The molecule has 0 amide bonds. The first-order valence-corrected chi connectivity index (χ1v) is 8.65. The summed E-state index contributed by atoms with van der Waals surface area (Å²) in [6.07, 6.45) is 1.57. The Morgan fingerprint density at radius 1 is 1.39 bits per heavy atom. The number of piperidine rings is 1. The molecule has 2 aromatic rings. The van der Waals surface area contributed by atoms with E-state index in [2.05, 4.69) is 17.0 Å². The summed E-state index contributed by atoms with van der Waals surface area (Å²) in [7, 11) is 0. The van der Waals surface area contributed by atoms with E-state index >= 15 is 0 Å². The zero-order valence-electron chi connectivity index (χ0n) is 13.0. The second-order valence-electron chi connectivity index (χ2n) is 6.08. The van der Waals surface area contributed by atoms with Crippen molar-refractivity contribution in [1.29, 1.82) is 0 Å². The number of nitrogens with zero attached hydrogens (tertiary/aromatic N) is 1. The molecular weight excluding hydrogens is 313 g/mol. The predicted molar refractivity (Wildman–Crippen MR) is 89.2 cm³/mol. The van der Waals surface area contributed by atoms with Crippen LogP contribution in [0.3, 0.4) is 0 Å². The van der Waals surface area contributed by atoms with Crippen molar-refractivity contribution >= 4 is 17.3 Å². The van der Waals surface area contributed by atoms with Gasteiger partial charge in [-0.1, -0.05) is 12.1 Å². The quantitative estimate of drug-likeness (QED) is 0.916. The van der Waals surface area contributed by atoms with Gasteiger partial charge in [0.25, 0.3) is 0 Å². The lowest BCUT2D eigenvalue weighted by Gasteiger charge is -2.37. The number of likely N-dealkylation sites (tertiary alicyclic amines) is 1. The third-order valence-electron chi connectivity index (χ3n) is 4.36. The van der Waals surface area contributed by atoms with Crippen molar-refractivity contribution in [3.05, 3.63) is 57.5 Å². The lowest BCUT2D eigenvalue weighted by Crippen LogP contribution is -2.41. The summed E-state index contributed by atoms with van der Waals surface area (Å²) in [5, 5.41) is 9.34. The number of carboxylic acid groups (broad SMARTS) is 1. The molecule has 1 aliphatic heterocycles. The molecule has 1 N–H and O–H groups in total. The Morgan fingerprint density at radius 2 is 2.22 bits per heavy atom. The van der Waals surface area contributed by atoms with Crippen LogP contribution in [0.4, 0.5) is 4.39 Å². The summed E-state index contributed by atoms with van der Waals surface area (Å²) in [6, 6.07) is 10.7. The summed E-state index contributed by atoms with van der Waals surface area (Å²) in [5.41, 5.74) is 0.887. The van der Waals surface area contributed by atoms with Crippen LogP contribution in [0.5, 0.6) is 0 Å². The molecule has 0 aliphatic carbocycles. The monoisotopic (exact) mass is 333 g/mol. The molecule has 0 spiro atoms. The Bertz CT molecular complexity index is 700. The predicted octanol–water partition coefficient (Wildman–Crippen LogP) is 4.08. The Balaban J connectivity index is 1.96. The molecule has 1 aromatic heterocycles. The fraction of sp³-hybridized carbons (Fsp3) is 0.389. The van der Waals surface area contributed by atoms with Gasteiger partial charge in [-0.2, -0.15) is 0 Å². The highest BCUT2D eigenvalue weighted by Gasteiger charge is 2.32. The van der Waals surface area contributed by atoms with Crippen molar-refractivity contribution in [3.63, 3.8) is 0 Å². The van der Waals surface area contributed by atoms with E-state index in [0.717, 1.165) is 23.4 Å². The SMILES string of the molecule is Cc1ccc(C(c2cccc(F)c2)N2CCCC(C(=O)O)C2)s1. The number of thiophene rings is 1. The Labute approximate surface area is 139 Å². The lowest BCUT2D eigenvalue weighted by molar-refractivity contribution is -0.143. The Morgan fingerprint density at radius 3 is 2.87 bits per heavy atom. The number of carboxylic acids is 1. The topological polar surface area (TPSA) is 40.5 Å². The first-order chi connectivity index (χ1) is 11.0. The molecule has 1 aromatic carbocycles. The molecular formula is C18H20FNO2S. The van der Waals surface area contributed by atoms with Crippen molar-refractivity contribution in [2.45, 2.75) is 25.8 Å². The van der Waals surface area contributed by atoms with Gasteiger partial charge < -0.3 is 5.11 Å². The van der Waals surface area contributed by atoms with Crippen molar-refractivity contribution in [1.82, 2.24) is 4.90 Å². The van der Waals surface area contributed by atoms with Crippen LogP contribution in [0.2, 0.25) is 0 Å². The largest absolute Gasteiger partial charge is 0.481 e. The zero-order chi connectivity index (χ0) is 16.4. The molecule has 1 saturated heterocycles. The minimum Gasteiger partial charge on any atom is -0.481 e. The van der Waals surface area contributed by atoms with E-state index in [-0.39, 0.29) is 17.8 Å². The molecule has 122 valence electrons. The first-order valence-electron chi connectivity index (χ1n) is 7.83. The van der Waals surface area contributed by atoms with Crippen LogP contribution in [-0.4, -0.2) is 29.1 Å². The van der Waals surface area contributed by atoms with E-state index < -0.39 is 5.97 Å². The van der Waals surface area contributed by atoms with Crippen molar-refractivity contribution in [2.24, 2.45) is 5.92 Å². The zero-order valence-corrected chi connectivity index (χ0v) is 13.9. The van der Waals surface area contributed by atoms with Crippen LogP contribution >= 0.6 is 11.3 Å². The average molecular weight is 333 g/mol. The Hall–Kier alpha value is -1.72. The number of aliphatic carboxylic acids is 1. The molecule has 5 heteroatoms. The molecule has 2 atom stereocenters. The highest BCUT2D eigenvalue weighted by atomic mass is 32.1. The first kappa shape index (κ1) is 16.1. The number of aryl methyl sites for hydroxylation is 1. The van der Waals surface area contributed by atoms with Crippen LogP contribution in [-0.2, 0) is 4.79 Å². The number of rotatable bonds is 4. The standard InChI is InChI=1S/C18H20FNO2S/c1-12-7-8-16(23-12)17(13-4-2-6-15(19)10-13)20-9-3-5-14(11-20)18(21)22/h2,4,6-8,10,14,17H,3,5,9,11H2,1H3,(H,21,22). The Kier molecular flexibility index (Phi) is 4.78. The van der Waals surface area contributed by atoms with Crippen LogP contribution in [0.25, 0.3) is 0 Å². The van der Waals surface area contributed by atoms with Gasteiger partial charge in [0, 0.05) is 16.3 Å². The second kappa shape index (κ2) is 6.81. The molecule has 2 unspecified atom stereocenters. The molecule has 0 radical (unpaired) electrons. The number of carbonyl (C=O) groups is 1. The molecule has 0 bridgehead atoms. The smallest absolute Gasteiger partial charge is 0.307 e. The van der Waals surface area contributed by atoms with Crippen LogP contribution in [0, 0.1) is 18.7 Å². The molecule has 1 fully saturated rings. The van der Waals surface area contributed by atoms with Gasteiger partial charge in [-0.15, -0.1) is 11.3 Å². The number of hydrogen-bond donors (Lipinski definition) is 1. The van der Waals surface area contributed by atoms with Crippen LogP contribution in [0.1, 0.15) is 34.2 Å². The highest BCUT2D eigenvalue weighted by Crippen LogP contribution is 2.36. The van der Waals surface area contributed by atoms with Gasteiger partial charge in [-0.05, 0) is 56.1 Å². The maximum Gasteiger partial charge on any atom is 0.307 e. The molecule has 3 nitrogen and oxygen atoms in total. The molecule has 3 rings (SSSR count).